The van der Waals surface area contributed by atoms with E-state index in [1.165, 1.54) is 10.9 Å². The lowest BCUT2D eigenvalue weighted by molar-refractivity contribution is -0.384. The maximum atomic E-state index is 11.0. The number of nitrogens with zero attached hydrogens (tertiary/aromatic N) is 3. The molecule has 23 heavy (non-hydrogen) atoms. The quantitative estimate of drug-likeness (QED) is 0.464. The van der Waals surface area contributed by atoms with Crippen molar-refractivity contribution in [3.63, 3.8) is 0 Å². The Morgan fingerprint density at radius 1 is 1.57 bits per heavy atom. The first-order chi connectivity index (χ1) is 10.3. The summed E-state index contributed by atoms with van der Waals surface area (Å²) < 4.78 is 7.50. The summed E-state index contributed by atoms with van der Waals surface area (Å²) in [5.41, 5.74) is -0.382. The zero-order chi connectivity index (χ0) is 18.0. The molecule has 1 rings (SSSR count). The van der Waals surface area contributed by atoms with Gasteiger partial charge in [-0.2, -0.15) is 0 Å². The fraction of sp³-hybridized carbons (Fsp3) is 0.692. The third kappa shape index (κ3) is 5.03. The maximum absolute atomic E-state index is 11.0. The molecule has 0 fully saturated rings. The molecule has 0 aliphatic heterocycles. The van der Waals surface area contributed by atoms with E-state index in [-0.39, 0.29) is 22.6 Å². The van der Waals surface area contributed by atoms with Crippen molar-refractivity contribution in [2.75, 3.05) is 5.32 Å². The molecule has 1 aromatic heterocycles. The first kappa shape index (κ1) is 19.1. The number of hydrogen-bond donors (Lipinski definition) is 2. The van der Waals surface area contributed by atoms with Crippen molar-refractivity contribution in [2.45, 2.75) is 58.5 Å². The molecule has 9 nitrogen and oxygen atoms in total. The largest absolute Gasteiger partial charge is 0.465 e. The van der Waals surface area contributed by atoms with Crippen LogP contribution in [0, 0.1) is 10.1 Å². The predicted molar refractivity (Wildman–Crippen MR) is 88.3 cm³/mol. The number of nitro groups is 1. The third-order valence-corrected chi connectivity index (χ3v) is 8.51. The second-order valence-electron chi connectivity index (χ2n) is 6.96. The van der Waals surface area contributed by atoms with Gasteiger partial charge in [-0.25, -0.2) is 4.79 Å². The van der Waals surface area contributed by atoms with Crippen molar-refractivity contribution in [3.8, 4) is 0 Å². The van der Waals surface area contributed by atoms with Crippen LogP contribution in [0.5, 0.6) is 0 Å². The first-order valence-corrected chi connectivity index (χ1v) is 10.1. The highest BCUT2D eigenvalue weighted by Crippen LogP contribution is 2.37. The monoisotopic (exact) mass is 344 g/mol. The van der Waals surface area contributed by atoms with Crippen LogP contribution < -0.4 is 5.32 Å². The molecule has 1 atom stereocenters. The highest BCUT2D eigenvalue weighted by molar-refractivity contribution is 6.74. The lowest BCUT2D eigenvalue weighted by Gasteiger charge is -2.38. The van der Waals surface area contributed by atoms with Crippen LogP contribution in [0.2, 0.25) is 18.1 Å². The zero-order valence-corrected chi connectivity index (χ0v) is 15.3. The van der Waals surface area contributed by atoms with Gasteiger partial charge in [0.15, 0.2) is 8.32 Å². The van der Waals surface area contributed by atoms with E-state index in [0.29, 0.717) is 6.54 Å². The Balaban J connectivity index is 2.88. The molecular formula is C13H24N4O5Si. The first-order valence-electron chi connectivity index (χ1n) is 7.23. The molecule has 0 aliphatic carbocycles. The highest BCUT2D eigenvalue weighted by atomic mass is 28.4. The molecule has 130 valence electrons. The van der Waals surface area contributed by atoms with Crippen LogP contribution in [-0.2, 0) is 11.0 Å². The van der Waals surface area contributed by atoms with E-state index in [4.69, 9.17) is 9.53 Å². The molecule has 0 saturated carbocycles. The van der Waals surface area contributed by atoms with Gasteiger partial charge >= 0.3 is 11.8 Å². The average Bonchev–Trinajstić information content (AvgIpc) is 2.68. The van der Waals surface area contributed by atoms with Gasteiger partial charge in [0.05, 0.1) is 17.6 Å². The Labute approximate surface area is 135 Å². The number of carbonyl (C=O) groups is 1. The lowest BCUT2D eigenvalue weighted by atomic mass is 10.2. The van der Waals surface area contributed by atoms with Crippen LogP contribution >= 0.6 is 0 Å². The van der Waals surface area contributed by atoms with Crippen LogP contribution in [0.4, 0.5) is 16.3 Å². The van der Waals surface area contributed by atoms with Crippen molar-refractivity contribution >= 4 is 25.9 Å². The predicted octanol–water partition coefficient (Wildman–Crippen LogP) is 3.29. The van der Waals surface area contributed by atoms with Crippen molar-refractivity contribution in [1.29, 1.82) is 0 Å². The van der Waals surface area contributed by atoms with Gasteiger partial charge in [-0.3, -0.25) is 20.1 Å². The fourth-order valence-electron chi connectivity index (χ4n) is 1.81. The number of nitrogens with one attached hydrogen (secondary N) is 1. The molecule has 1 aromatic rings. The number of anilines is 1. The molecule has 0 aliphatic rings. The SMILES string of the molecule is CC(Cn1cc([N+](=O)[O-])c(NC(=O)O)n1)O[Si](C)(C)C(C)(C)C. The van der Waals surface area contributed by atoms with E-state index >= 15 is 0 Å². The second kappa shape index (κ2) is 6.67. The molecule has 1 unspecified atom stereocenters. The highest BCUT2D eigenvalue weighted by Gasteiger charge is 2.38. The molecule has 0 bridgehead atoms. The summed E-state index contributed by atoms with van der Waals surface area (Å²) in [5, 5.41) is 25.6. The van der Waals surface area contributed by atoms with Gasteiger partial charge in [-0.15, -0.1) is 5.10 Å². The molecule has 0 aromatic carbocycles. The number of amides is 1. The van der Waals surface area contributed by atoms with Crippen LogP contribution in [0.1, 0.15) is 27.7 Å². The molecular weight excluding hydrogens is 320 g/mol. The summed E-state index contributed by atoms with van der Waals surface area (Å²) >= 11 is 0. The van der Waals surface area contributed by atoms with Gasteiger partial charge in [0.1, 0.15) is 6.20 Å². The lowest BCUT2D eigenvalue weighted by Crippen LogP contribution is -2.44. The van der Waals surface area contributed by atoms with Gasteiger partial charge in [-0.1, -0.05) is 20.8 Å². The minimum Gasteiger partial charge on any atom is -0.465 e. The van der Waals surface area contributed by atoms with E-state index in [1.54, 1.807) is 0 Å². The Hall–Kier alpha value is -1.94. The van der Waals surface area contributed by atoms with E-state index in [2.05, 4.69) is 39.0 Å². The van der Waals surface area contributed by atoms with Crippen LogP contribution in [0.25, 0.3) is 0 Å². The Morgan fingerprint density at radius 2 is 2.13 bits per heavy atom. The van der Waals surface area contributed by atoms with Crippen LogP contribution in [0.3, 0.4) is 0 Å². The van der Waals surface area contributed by atoms with Gasteiger partial charge < -0.3 is 9.53 Å². The summed E-state index contributed by atoms with van der Waals surface area (Å²) in [6.07, 6.45) is -0.395. The number of carboxylic acid groups (broad SMARTS) is 1. The van der Waals surface area contributed by atoms with Crippen molar-refractivity contribution in [1.82, 2.24) is 9.78 Å². The summed E-state index contributed by atoms with van der Waals surface area (Å²) in [7, 11) is -1.96. The molecule has 1 amide bonds. The Bertz CT molecular complexity index is 594. The summed E-state index contributed by atoms with van der Waals surface area (Å²) in [4.78, 5) is 21.0. The smallest absolute Gasteiger partial charge is 0.410 e. The van der Waals surface area contributed by atoms with Gasteiger partial charge in [0.25, 0.3) is 0 Å². The van der Waals surface area contributed by atoms with Gasteiger partial charge in [0.2, 0.25) is 5.82 Å². The maximum Gasteiger partial charge on any atom is 0.410 e. The topological polar surface area (TPSA) is 120 Å². The summed E-state index contributed by atoms with van der Waals surface area (Å²) in [6, 6.07) is 0. The third-order valence-electron chi connectivity index (χ3n) is 3.91. The van der Waals surface area contributed by atoms with Gasteiger partial charge in [-0.05, 0) is 25.1 Å². The van der Waals surface area contributed by atoms with Crippen molar-refractivity contribution in [3.05, 3.63) is 16.3 Å². The molecule has 10 heteroatoms. The van der Waals surface area contributed by atoms with Gasteiger partial charge in [0, 0.05) is 0 Å². The summed E-state index contributed by atoms with van der Waals surface area (Å²) in [5.74, 6) is -0.290. The minimum absolute atomic E-state index is 0.0490. The Morgan fingerprint density at radius 3 is 2.57 bits per heavy atom. The number of aromatic nitrogens is 2. The molecule has 0 saturated heterocycles. The second-order valence-corrected chi connectivity index (χ2v) is 11.7. The molecule has 2 N–H and O–H groups in total. The van der Waals surface area contributed by atoms with E-state index in [1.807, 2.05) is 12.2 Å². The normalized spacial score (nSPS) is 13.7. The number of rotatable bonds is 6. The van der Waals surface area contributed by atoms with Crippen LogP contribution in [0.15, 0.2) is 6.20 Å². The van der Waals surface area contributed by atoms with Crippen molar-refractivity contribution in [2.24, 2.45) is 0 Å². The van der Waals surface area contributed by atoms with E-state index < -0.39 is 19.3 Å². The minimum atomic E-state index is -1.96. The fourth-order valence-corrected chi connectivity index (χ4v) is 3.24. The van der Waals surface area contributed by atoms with Crippen molar-refractivity contribution < 1.29 is 19.3 Å². The number of hydrogen-bond acceptors (Lipinski definition) is 5. The standard InChI is InChI=1S/C13H24N4O5Si/c1-9(22-23(5,6)13(2,3)4)7-16-8-10(17(20)21)11(15-16)14-12(18)19/h8-9H,7H2,1-6H3,(H,14,15)(H,18,19). The van der Waals surface area contributed by atoms with E-state index in [0.717, 1.165) is 0 Å². The average molecular weight is 344 g/mol. The molecule has 1 heterocycles. The summed E-state index contributed by atoms with van der Waals surface area (Å²) in [6.45, 7) is 12.8. The Kier molecular flexibility index (Phi) is 5.54. The molecule has 0 radical (unpaired) electrons. The van der Waals surface area contributed by atoms with E-state index in [9.17, 15) is 14.9 Å². The molecule has 0 spiro atoms. The van der Waals surface area contributed by atoms with Crippen LogP contribution in [-0.4, -0.2) is 40.3 Å². The zero-order valence-electron chi connectivity index (χ0n) is 14.3.